The van der Waals surface area contributed by atoms with Gasteiger partial charge in [0.15, 0.2) is 0 Å². The van der Waals surface area contributed by atoms with E-state index in [4.69, 9.17) is 4.42 Å². The molecule has 134 valence electrons. The molecule has 0 aliphatic carbocycles. The molecule has 1 amide bonds. The molecule has 0 aromatic carbocycles. The molecular formula is C17H23N5O3. The van der Waals surface area contributed by atoms with Gasteiger partial charge in [-0.3, -0.25) is 14.7 Å². The highest BCUT2D eigenvalue weighted by Gasteiger charge is 2.38. The van der Waals surface area contributed by atoms with Gasteiger partial charge in [-0.2, -0.15) is 0 Å². The number of carbonyl (C=O) groups excluding carboxylic acids is 1. The number of amides is 1. The Kier molecular flexibility index (Phi) is 5.10. The molecule has 2 aromatic heterocycles. The number of carbonyl (C=O) groups is 1. The number of likely N-dealkylation sites (tertiary alicyclic amines) is 1. The summed E-state index contributed by atoms with van der Waals surface area (Å²) in [5.41, 5.74) is 1.40. The number of hydrogen-bond donors (Lipinski definition) is 1. The maximum Gasteiger partial charge on any atom is 0.255 e. The zero-order valence-electron chi connectivity index (χ0n) is 14.7. The van der Waals surface area contributed by atoms with Gasteiger partial charge in [-0.15, -0.1) is 10.2 Å². The van der Waals surface area contributed by atoms with E-state index in [1.54, 1.807) is 24.1 Å². The van der Waals surface area contributed by atoms with Gasteiger partial charge in [-0.05, 0) is 25.6 Å². The van der Waals surface area contributed by atoms with Crippen molar-refractivity contribution in [2.24, 2.45) is 0 Å². The Bertz CT molecular complexity index is 730. The number of aliphatic hydroxyl groups is 1. The third-order valence-corrected chi connectivity index (χ3v) is 4.49. The lowest BCUT2D eigenvalue weighted by atomic mass is 10.2. The van der Waals surface area contributed by atoms with Gasteiger partial charge in [-0.25, -0.2) is 0 Å². The summed E-state index contributed by atoms with van der Waals surface area (Å²) < 4.78 is 5.43. The first kappa shape index (κ1) is 17.5. The molecule has 1 saturated heterocycles. The number of rotatable bonds is 5. The first-order valence-corrected chi connectivity index (χ1v) is 8.41. The molecule has 8 heteroatoms. The predicted octanol–water partition coefficient (Wildman–Crippen LogP) is 0.789. The summed E-state index contributed by atoms with van der Waals surface area (Å²) in [6.07, 6.45) is 0.960. The maximum atomic E-state index is 12.6. The van der Waals surface area contributed by atoms with Gasteiger partial charge in [0.1, 0.15) is 0 Å². The zero-order chi connectivity index (χ0) is 18.0. The average molecular weight is 345 g/mol. The van der Waals surface area contributed by atoms with E-state index in [9.17, 15) is 9.90 Å². The molecule has 0 saturated carbocycles. The molecule has 1 unspecified atom stereocenters. The van der Waals surface area contributed by atoms with Gasteiger partial charge < -0.3 is 14.4 Å². The number of aromatic nitrogens is 3. The van der Waals surface area contributed by atoms with Crippen molar-refractivity contribution < 1.29 is 14.3 Å². The lowest BCUT2D eigenvalue weighted by molar-refractivity contribution is 0.0743. The number of hydrogen-bond acceptors (Lipinski definition) is 7. The average Bonchev–Trinajstić information content (AvgIpc) is 3.18. The molecule has 1 N–H and O–H groups in total. The monoisotopic (exact) mass is 345 g/mol. The van der Waals surface area contributed by atoms with E-state index in [-0.39, 0.29) is 11.9 Å². The minimum atomic E-state index is -0.619. The fourth-order valence-electron chi connectivity index (χ4n) is 3.11. The second-order valence-electron chi connectivity index (χ2n) is 6.31. The number of aliphatic hydroxyl groups excluding tert-OH is 1. The van der Waals surface area contributed by atoms with Crippen LogP contribution in [0.4, 0.5) is 0 Å². The van der Waals surface area contributed by atoms with Crippen LogP contribution in [0.2, 0.25) is 0 Å². The normalized spacial score (nSPS) is 20.4. The highest BCUT2D eigenvalue weighted by molar-refractivity contribution is 5.94. The first-order chi connectivity index (χ1) is 12.0. The summed E-state index contributed by atoms with van der Waals surface area (Å²) in [6.45, 7) is 7.54. The van der Waals surface area contributed by atoms with Gasteiger partial charge in [0.05, 0.1) is 24.3 Å². The quantitative estimate of drug-likeness (QED) is 0.856. The van der Waals surface area contributed by atoms with Crippen molar-refractivity contribution in [3.05, 3.63) is 41.4 Å². The van der Waals surface area contributed by atoms with E-state index >= 15 is 0 Å². The van der Waals surface area contributed by atoms with Gasteiger partial charge >= 0.3 is 0 Å². The molecule has 2 aromatic rings. The van der Waals surface area contributed by atoms with E-state index in [0.717, 1.165) is 5.69 Å². The topological polar surface area (TPSA) is 95.6 Å². The van der Waals surface area contributed by atoms with E-state index in [2.05, 4.69) is 20.1 Å². The van der Waals surface area contributed by atoms with Crippen LogP contribution in [0.3, 0.4) is 0 Å². The summed E-state index contributed by atoms with van der Waals surface area (Å²) in [7, 11) is 0. The number of likely N-dealkylation sites (N-methyl/N-ethyl adjacent to an activating group) is 1. The van der Waals surface area contributed by atoms with Gasteiger partial charge in [0.25, 0.3) is 5.91 Å². The second-order valence-corrected chi connectivity index (χ2v) is 6.31. The van der Waals surface area contributed by atoms with Crippen LogP contribution < -0.4 is 0 Å². The SMILES string of the molecule is CCN(Cc1nnc(C)o1)C1CN(C(=O)c2ccc(C)nc2)C[C@H]1O. The minimum absolute atomic E-state index is 0.112. The zero-order valence-corrected chi connectivity index (χ0v) is 14.7. The van der Waals surface area contributed by atoms with Crippen molar-refractivity contribution in [2.45, 2.75) is 39.5 Å². The van der Waals surface area contributed by atoms with Gasteiger partial charge in [-0.1, -0.05) is 6.92 Å². The van der Waals surface area contributed by atoms with Crippen LogP contribution in [-0.4, -0.2) is 67.8 Å². The Labute approximate surface area is 146 Å². The Balaban J connectivity index is 1.69. The molecule has 1 aliphatic rings. The Morgan fingerprint density at radius 2 is 2.16 bits per heavy atom. The van der Waals surface area contributed by atoms with Crippen LogP contribution in [0, 0.1) is 13.8 Å². The van der Waals surface area contributed by atoms with Gasteiger partial charge in [0.2, 0.25) is 11.8 Å². The standard InChI is InChI=1S/C17H23N5O3/c1-4-21(10-16-20-19-12(3)25-16)14-8-22(9-15(14)23)17(24)13-6-5-11(2)18-7-13/h5-7,14-15,23H,4,8-10H2,1-3H3/t14?,15-/m1/s1. The molecule has 1 fully saturated rings. The number of β-amino-alcohol motifs (C(OH)–C–C–N with tert-alkyl or cyclic N) is 1. The third kappa shape index (κ3) is 3.85. The number of nitrogens with zero attached hydrogens (tertiary/aromatic N) is 5. The summed E-state index contributed by atoms with van der Waals surface area (Å²) in [5, 5.41) is 18.3. The molecular weight excluding hydrogens is 322 g/mol. The fraction of sp³-hybridized carbons (Fsp3) is 0.529. The van der Waals surface area contributed by atoms with Crippen LogP contribution in [0.25, 0.3) is 0 Å². The van der Waals surface area contributed by atoms with E-state index in [0.29, 0.717) is 43.5 Å². The van der Waals surface area contributed by atoms with Crippen LogP contribution in [0.5, 0.6) is 0 Å². The summed E-state index contributed by atoms with van der Waals surface area (Å²) in [5.74, 6) is 0.916. The van der Waals surface area contributed by atoms with Crippen molar-refractivity contribution in [3.8, 4) is 0 Å². The molecule has 3 rings (SSSR count). The van der Waals surface area contributed by atoms with Crippen molar-refractivity contribution in [3.63, 3.8) is 0 Å². The van der Waals surface area contributed by atoms with Crippen LogP contribution >= 0.6 is 0 Å². The molecule has 0 radical (unpaired) electrons. The molecule has 8 nitrogen and oxygen atoms in total. The third-order valence-electron chi connectivity index (χ3n) is 4.49. The van der Waals surface area contributed by atoms with Crippen LogP contribution in [0.15, 0.2) is 22.7 Å². The second kappa shape index (κ2) is 7.28. The number of aryl methyl sites for hydroxylation is 2. The largest absolute Gasteiger partial charge is 0.424 e. The predicted molar refractivity (Wildman–Crippen MR) is 89.8 cm³/mol. The molecule has 25 heavy (non-hydrogen) atoms. The minimum Gasteiger partial charge on any atom is -0.424 e. The molecule has 0 bridgehead atoms. The van der Waals surface area contributed by atoms with Crippen molar-refractivity contribution in [1.29, 1.82) is 0 Å². The highest BCUT2D eigenvalue weighted by Crippen LogP contribution is 2.20. The maximum absolute atomic E-state index is 12.6. The highest BCUT2D eigenvalue weighted by atomic mass is 16.4. The van der Waals surface area contributed by atoms with Crippen LogP contribution in [-0.2, 0) is 6.54 Å². The summed E-state index contributed by atoms with van der Waals surface area (Å²) in [6, 6.07) is 3.41. The van der Waals surface area contributed by atoms with E-state index in [1.807, 2.05) is 19.9 Å². The van der Waals surface area contributed by atoms with Crippen molar-refractivity contribution in [1.82, 2.24) is 25.0 Å². The molecule has 0 spiro atoms. The molecule has 1 aliphatic heterocycles. The molecule has 2 atom stereocenters. The van der Waals surface area contributed by atoms with E-state index < -0.39 is 6.10 Å². The smallest absolute Gasteiger partial charge is 0.255 e. The van der Waals surface area contributed by atoms with Crippen LogP contribution in [0.1, 0.15) is 34.8 Å². The first-order valence-electron chi connectivity index (χ1n) is 8.41. The van der Waals surface area contributed by atoms with Gasteiger partial charge in [0, 0.05) is 31.9 Å². The van der Waals surface area contributed by atoms with Crippen molar-refractivity contribution in [2.75, 3.05) is 19.6 Å². The fourth-order valence-corrected chi connectivity index (χ4v) is 3.11. The number of pyridine rings is 1. The Morgan fingerprint density at radius 1 is 1.36 bits per heavy atom. The summed E-state index contributed by atoms with van der Waals surface area (Å²) >= 11 is 0. The Morgan fingerprint density at radius 3 is 2.76 bits per heavy atom. The summed E-state index contributed by atoms with van der Waals surface area (Å²) in [4.78, 5) is 20.5. The van der Waals surface area contributed by atoms with E-state index in [1.165, 1.54) is 0 Å². The lowest BCUT2D eigenvalue weighted by Crippen LogP contribution is -2.43. The Hall–Kier alpha value is -2.32. The van der Waals surface area contributed by atoms with Crippen molar-refractivity contribution >= 4 is 5.91 Å². The lowest BCUT2D eigenvalue weighted by Gasteiger charge is -2.27. The molecule has 3 heterocycles.